The second-order valence-electron chi connectivity index (χ2n) is 4.17. The van der Waals surface area contributed by atoms with Crippen molar-refractivity contribution in [3.8, 4) is 0 Å². The Morgan fingerprint density at radius 3 is 2.70 bits per heavy atom. The Bertz CT molecular complexity index is 657. The molecular formula is C15H13NO4. The van der Waals surface area contributed by atoms with Gasteiger partial charge in [-0.2, -0.15) is 0 Å². The minimum Gasteiger partial charge on any atom is -0.478 e. The lowest BCUT2D eigenvalue weighted by molar-refractivity contribution is -0.131. The molecule has 0 spiro atoms. The zero-order chi connectivity index (χ0) is 14.5. The first-order valence-electron chi connectivity index (χ1n) is 5.93. The molecule has 5 heteroatoms. The summed E-state index contributed by atoms with van der Waals surface area (Å²) in [6, 6.07) is 8.43. The van der Waals surface area contributed by atoms with Crippen LogP contribution in [0.5, 0.6) is 0 Å². The van der Waals surface area contributed by atoms with E-state index in [2.05, 4.69) is 5.32 Å². The summed E-state index contributed by atoms with van der Waals surface area (Å²) in [6.07, 6.45) is 4.01. The molecule has 0 aliphatic carbocycles. The summed E-state index contributed by atoms with van der Waals surface area (Å²) in [7, 11) is 0. The van der Waals surface area contributed by atoms with Crippen molar-refractivity contribution in [2.75, 3.05) is 5.32 Å². The van der Waals surface area contributed by atoms with Crippen LogP contribution < -0.4 is 5.32 Å². The van der Waals surface area contributed by atoms with Gasteiger partial charge in [-0.1, -0.05) is 6.07 Å². The number of carbonyl (C=O) groups is 2. The number of amides is 1. The number of carboxylic acid groups (broad SMARTS) is 1. The van der Waals surface area contributed by atoms with E-state index in [4.69, 9.17) is 9.52 Å². The first-order chi connectivity index (χ1) is 9.56. The van der Waals surface area contributed by atoms with E-state index < -0.39 is 5.97 Å². The maximum absolute atomic E-state index is 11.8. The predicted molar refractivity (Wildman–Crippen MR) is 74.5 cm³/mol. The van der Waals surface area contributed by atoms with Crippen molar-refractivity contribution in [3.63, 3.8) is 0 Å². The third-order valence-corrected chi connectivity index (χ3v) is 2.68. The highest BCUT2D eigenvalue weighted by molar-refractivity contribution is 6.02. The molecule has 0 bridgehead atoms. The lowest BCUT2D eigenvalue weighted by Crippen LogP contribution is -2.10. The van der Waals surface area contributed by atoms with Crippen LogP contribution in [-0.4, -0.2) is 17.0 Å². The SMILES string of the molecule is Cc1cc(NC(=O)c2ccco2)ccc1C=CC(=O)O. The van der Waals surface area contributed by atoms with Gasteiger partial charge in [0.1, 0.15) is 0 Å². The van der Waals surface area contributed by atoms with Gasteiger partial charge >= 0.3 is 5.97 Å². The van der Waals surface area contributed by atoms with Gasteiger partial charge in [-0.15, -0.1) is 0 Å². The van der Waals surface area contributed by atoms with Gasteiger partial charge in [0.2, 0.25) is 0 Å². The van der Waals surface area contributed by atoms with E-state index in [1.807, 2.05) is 6.92 Å². The van der Waals surface area contributed by atoms with Crippen LogP contribution in [0.4, 0.5) is 5.69 Å². The molecule has 0 radical (unpaired) electrons. The summed E-state index contributed by atoms with van der Waals surface area (Å²) in [5.41, 5.74) is 2.26. The lowest BCUT2D eigenvalue weighted by Gasteiger charge is -2.06. The normalized spacial score (nSPS) is 10.7. The number of anilines is 1. The van der Waals surface area contributed by atoms with E-state index in [1.165, 1.54) is 12.3 Å². The van der Waals surface area contributed by atoms with Crippen molar-refractivity contribution in [1.29, 1.82) is 0 Å². The molecule has 1 heterocycles. The number of aryl methyl sites for hydroxylation is 1. The smallest absolute Gasteiger partial charge is 0.328 e. The molecule has 5 nitrogen and oxygen atoms in total. The van der Waals surface area contributed by atoms with E-state index in [-0.39, 0.29) is 11.7 Å². The Morgan fingerprint density at radius 1 is 1.30 bits per heavy atom. The van der Waals surface area contributed by atoms with E-state index in [0.717, 1.165) is 17.2 Å². The Morgan fingerprint density at radius 2 is 2.10 bits per heavy atom. The molecule has 0 aliphatic rings. The van der Waals surface area contributed by atoms with Crippen molar-refractivity contribution in [1.82, 2.24) is 0 Å². The third kappa shape index (κ3) is 3.35. The van der Waals surface area contributed by atoms with Crippen LogP contribution in [0.3, 0.4) is 0 Å². The van der Waals surface area contributed by atoms with Crippen LogP contribution in [-0.2, 0) is 4.79 Å². The largest absolute Gasteiger partial charge is 0.478 e. The number of hydrogen-bond donors (Lipinski definition) is 2. The molecule has 0 atom stereocenters. The van der Waals surface area contributed by atoms with Crippen LogP contribution in [0.2, 0.25) is 0 Å². The molecule has 0 aliphatic heterocycles. The van der Waals surface area contributed by atoms with Gasteiger partial charge in [-0.25, -0.2) is 4.79 Å². The highest BCUT2D eigenvalue weighted by Crippen LogP contribution is 2.17. The summed E-state index contributed by atoms with van der Waals surface area (Å²) in [5.74, 6) is -1.10. The second kappa shape index (κ2) is 5.88. The van der Waals surface area contributed by atoms with Crippen molar-refractivity contribution < 1.29 is 19.1 Å². The Hall–Kier alpha value is -2.82. The number of carbonyl (C=O) groups excluding carboxylic acids is 1. The molecule has 0 unspecified atom stereocenters. The molecule has 1 aromatic carbocycles. The zero-order valence-corrected chi connectivity index (χ0v) is 10.8. The van der Waals surface area contributed by atoms with Gasteiger partial charge in [0.15, 0.2) is 5.76 Å². The van der Waals surface area contributed by atoms with Gasteiger partial charge in [-0.05, 0) is 48.4 Å². The summed E-state index contributed by atoms with van der Waals surface area (Å²) in [6.45, 7) is 1.84. The fourth-order valence-electron chi connectivity index (χ4n) is 1.70. The highest BCUT2D eigenvalue weighted by atomic mass is 16.4. The number of furan rings is 1. The average Bonchev–Trinajstić information content (AvgIpc) is 2.91. The quantitative estimate of drug-likeness (QED) is 0.838. The van der Waals surface area contributed by atoms with Crippen LogP contribution in [0.15, 0.2) is 47.1 Å². The molecule has 20 heavy (non-hydrogen) atoms. The summed E-state index contributed by atoms with van der Waals surface area (Å²) < 4.78 is 5.00. The van der Waals surface area contributed by atoms with Gasteiger partial charge in [0.05, 0.1) is 6.26 Å². The summed E-state index contributed by atoms with van der Waals surface area (Å²) in [4.78, 5) is 22.3. The fraction of sp³-hybridized carbons (Fsp3) is 0.0667. The first-order valence-corrected chi connectivity index (χ1v) is 5.93. The molecule has 102 valence electrons. The van der Waals surface area contributed by atoms with E-state index in [0.29, 0.717) is 5.69 Å². The molecule has 1 aromatic heterocycles. The van der Waals surface area contributed by atoms with Crippen molar-refractivity contribution in [3.05, 3.63) is 59.6 Å². The molecule has 0 saturated carbocycles. The van der Waals surface area contributed by atoms with E-state index in [9.17, 15) is 9.59 Å². The van der Waals surface area contributed by atoms with E-state index in [1.54, 1.807) is 30.3 Å². The molecular weight excluding hydrogens is 258 g/mol. The molecule has 0 saturated heterocycles. The Balaban J connectivity index is 2.13. The summed E-state index contributed by atoms with van der Waals surface area (Å²) in [5, 5.41) is 11.3. The number of benzene rings is 1. The Labute approximate surface area is 115 Å². The average molecular weight is 271 g/mol. The summed E-state index contributed by atoms with van der Waals surface area (Å²) >= 11 is 0. The fourth-order valence-corrected chi connectivity index (χ4v) is 1.70. The maximum Gasteiger partial charge on any atom is 0.328 e. The van der Waals surface area contributed by atoms with Gasteiger partial charge in [0, 0.05) is 11.8 Å². The molecule has 2 rings (SSSR count). The lowest BCUT2D eigenvalue weighted by atomic mass is 10.1. The molecule has 2 aromatic rings. The minimum atomic E-state index is -1.00. The standard InChI is InChI=1S/C15H13NO4/c1-10-9-12(6-4-11(10)5-7-14(17)18)16-15(19)13-3-2-8-20-13/h2-9H,1H3,(H,16,19)(H,17,18). The number of aliphatic carboxylic acids is 1. The van der Waals surface area contributed by atoms with E-state index >= 15 is 0 Å². The second-order valence-corrected chi connectivity index (χ2v) is 4.17. The van der Waals surface area contributed by atoms with Crippen LogP contribution in [0.25, 0.3) is 6.08 Å². The van der Waals surface area contributed by atoms with Gasteiger partial charge < -0.3 is 14.8 Å². The number of hydrogen-bond acceptors (Lipinski definition) is 3. The van der Waals surface area contributed by atoms with Gasteiger partial charge in [-0.3, -0.25) is 4.79 Å². The number of rotatable bonds is 4. The van der Waals surface area contributed by atoms with Gasteiger partial charge in [0.25, 0.3) is 5.91 Å². The number of carboxylic acids is 1. The first kappa shape index (κ1) is 13.6. The van der Waals surface area contributed by atoms with Crippen LogP contribution in [0, 0.1) is 6.92 Å². The third-order valence-electron chi connectivity index (χ3n) is 2.68. The Kier molecular flexibility index (Phi) is 4.00. The topological polar surface area (TPSA) is 79.5 Å². The monoisotopic (exact) mass is 271 g/mol. The molecule has 1 amide bonds. The molecule has 2 N–H and O–H groups in total. The minimum absolute atomic E-state index is 0.234. The van der Waals surface area contributed by atoms with Crippen LogP contribution in [0.1, 0.15) is 21.7 Å². The maximum atomic E-state index is 11.8. The zero-order valence-electron chi connectivity index (χ0n) is 10.8. The van der Waals surface area contributed by atoms with Crippen LogP contribution >= 0.6 is 0 Å². The number of nitrogens with one attached hydrogen (secondary N) is 1. The van der Waals surface area contributed by atoms with Crippen molar-refractivity contribution in [2.45, 2.75) is 6.92 Å². The van der Waals surface area contributed by atoms with Crippen molar-refractivity contribution >= 4 is 23.6 Å². The highest BCUT2D eigenvalue weighted by Gasteiger charge is 2.08. The molecule has 0 fully saturated rings. The van der Waals surface area contributed by atoms with Crippen molar-refractivity contribution in [2.24, 2.45) is 0 Å². The predicted octanol–water partition coefficient (Wildman–Crippen LogP) is 2.94.